The zero-order valence-corrected chi connectivity index (χ0v) is 9.89. The molecule has 0 saturated heterocycles. The Morgan fingerprint density at radius 1 is 1.23 bits per heavy atom. The van der Waals surface area contributed by atoms with E-state index in [9.17, 15) is 4.79 Å². The van der Waals surface area contributed by atoms with Gasteiger partial charge in [0, 0.05) is 0 Å². The first-order valence-electron chi connectivity index (χ1n) is 3.96. The van der Waals surface area contributed by atoms with Crippen molar-refractivity contribution in [2.45, 2.75) is 39.9 Å². The van der Waals surface area contributed by atoms with Gasteiger partial charge in [0.05, 0.1) is 12.2 Å². The summed E-state index contributed by atoms with van der Waals surface area (Å²) in [7, 11) is 0. The highest BCUT2D eigenvalue weighted by molar-refractivity contribution is 8.09. The van der Waals surface area contributed by atoms with Crippen molar-refractivity contribution in [2.75, 3.05) is 0 Å². The Morgan fingerprint density at radius 3 is 1.85 bits per heavy atom. The van der Waals surface area contributed by atoms with Crippen molar-refractivity contribution in [2.24, 2.45) is 4.76 Å². The second kappa shape index (κ2) is 5.63. The zero-order chi connectivity index (χ0) is 10.5. The molecule has 0 atom stereocenters. The quantitative estimate of drug-likeness (QED) is 0.408. The average molecular weight is 223 g/mol. The SMILES string of the molecule is CC(C)OP(=S)(N=C=O)OC(C)C. The first-order chi connectivity index (χ1) is 5.89. The number of hydrogen-bond donors (Lipinski definition) is 0. The second-order valence-corrected chi connectivity index (χ2v) is 5.91. The van der Waals surface area contributed by atoms with Crippen molar-refractivity contribution < 1.29 is 13.8 Å². The summed E-state index contributed by atoms with van der Waals surface area (Å²) >= 11 is 4.99. The van der Waals surface area contributed by atoms with Crippen molar-refractivity contribution in [3.8, 4) is 0 Å². The third-order valence-electron chi connectivity index (χ3n) is 0.851. The predicted octanol–water partition coefficient (Wildman–Crippen LogP) is 2.40. The molecule has 0 aromatic heterocycles. The molecule has 0 radical (unpaired) electrons. The van der Waals surface area contributed by atoms with Crippen molar-refractivity contribution in [1.29, 1.82) is 0 Å². The van der Waals surface area contributed by atoms with E-state index in [0.717, 1.165) is 0 Å². The highest BCUT2D eigenvalue weighted by Gasteiger charge is 2.21. The summed E-state index contributed by atoms with van der Waals surface area (Å²) < 4.78 is 13.9. The Labute approximate surface area is 83.6 Å². The van der Waals surface area contributed by atoms with Crippen LogP contribution in [0, 0.1) is 0 Å². The van der Waals surface area contributed by atoms with E-state index in [0.29, 0.717) is 0 Å². The number of isocyanates is 1. The number of nitrogens with zero attached hydrogens (tertiary/aromatic N) is 1. The van der Waals surface area contributed by atoms with Gasteiger partial charge in [-0.25, -0.2) is 4.79 Å². The van der Waals surface area contributed by atoms with Gasteiger partial charge in [-0.2, -0.15) is 0 Å². The molecule has 13 heavy (non-hydrogen) atoms. The predicted molar refractivity (Wildman–Crippen MR) is 54.8 cm³/mol. The van der Waals surface area contributed by atoms with E-state index in [1.807, 2.05) is 27.7 Å². The van der Waals surface area contributed by atoms with Crippen molar-refractivity contribution >= 4 is 24.5 Å². The Morgan fingerprint density at radius 2 is 1.62 bits per heavy atom. The monoisotopic (exact) mass is 223 g/mol. The van der Waals surface area contributed by atoms with Crippen LogP contribution in [0.15, 0.2) is 4.76 Å². The van der Waals surface area contributed by atoms with Crippen LogP contribution in [0.25, 0.3) is 0 Å². The van der Waals surface area contributed by atoms with Crippen LogP contribution in [0.4, 0.5) is 0 Å². The number of hydrogen-bond acceptors (Lipinski definition) is 4. The van der Waals surface area contributed by atoms with Gasteiger partial charge in [-0.15, -0.1) is 4.76 Å². The Kier molecular flexibility index (Phi) is 5.61. The highest BCUT2D eigenvalue weighted by atomic mass is 32.5. The fourth-order valence-electron chi connectivity index (χ4n) is 0.655. The summed E-state index contributed by atoms with van der Waals surface area (Å²) in [6.45, 7) is 4.45. The molecular weight excluding hydrogens is 209 g/mol. The minimum atomic E-state index is -2.80. The van der Waals surface area contributed by atoms with Gasteiger partial charge < -0.3 is 9.05 Å². The normalized spacial score (nSPS) is 11.8. The minimum Gasteiger partial charge on any atom is -0.309 e. The fourth-order valence-corrected chi connectivity index (χ4v) is 3.10. The molecule has 0 aliphatic rings. The average Bonchev–Trinajstić information content (AvgIpc) is 1.81. The molecule has 0 N–H and O–H groups in total. The van der Waals surface area contributed by atoms with Crippen LogP contribution in [0.5, 0.6) is 0 Å². The largest absolute Gasteiger partial charge is 0.320 e. The number of rotatable bonds is 5. The van der Waals surface area contributed by atoms with Crippen LogP contribution < -0.4 is 0 Å². The van der Waals surface area contributed by atoms with E-state index in [2.05, 4.69) is 4.76 Å². The minimum absolute atomic E-state index is 0.110. The maximum absolute atomic E-state index is 10.1. The summed E-state index contributed by atoms with van der Waals surface area (Å²) in [4.78, 5) is 10.1. The molecule has 6 heteroatoms. The molecule has 0 heterocycles. The van der Waals surface area contributed by atoms with Crippen LogP contribution >= 0.6 is 6.64 Å². The zero-order valence-electron chi connectivity index (χ0n) is 8.18. The first kappa shape index (κ1) is 12.9. The molecule has 4 nitrogen and oxygen atoms in total. The Hall–Kier alpha value is -0.0500. The maximum atomic E-state index is 10.1. The second-order valence-electron chi connectivity index (χ2n) is 2.97. The van der Waals surface area contributed by atoms with Gasteiger partial charge in [-0.05, 0) is 39.5 Å². The van der Waals surface area contributed by atoms with E-state index in [4.69, 9.17) is 20.9 Å². The molecule has 0 amide bonds. The lowest BCUT2D eigenvalue weighted by Gasteiger charge is -2.20. The third-order valence-corrected chi connectivity index (χ3v) is 3.32. The lowest BCUT2D eigenvalue weighted by molar-refractivity contribution is 0.175. The molecule has 0 aliphatic heterocycles. The molecule has 0 spiro atoms. The van der Waals surface area contributed by atoms with Crippen LogP contribution in [0.1, 0.15) is 27.7 Å². The standard InChI is InChI=1S/C7H14NO3PS/c1-6(2)10-12(13,8-5-9)11-7(3)4/h6-7H,1-4H3. The third kappa shape index (κ3) is 6.08. The fraction of sp³-hybridized carbons (Fsp3) is 0.857. The maximum Gasteiger partial charge on any atom is 0.320 e. The van der Waals surface area contributed by atoms with Crippen molar-refractivity contribution in [3.05, 3.63) is 0 Å². The van der Waals surface area contributed by atoms with Gasteiger partial charge in [-0.3, -0.25) is 0 Å². The molecule has 0 saturated carbocycles. The van der Waals surface area contributed by atoms with E-state index < -0.39 is 6.64 Å². The molecule has 0 unspecified atom stereocenters. The van der Waals surface area contributed by atoms with E-state index in [1.165, 1.54) is 6.08 Å². The summed E-state index contributed by atoms with van der Waals surface area (Å²) in [5, 5.41) is 0. The van der Waals surface area contributed by atoms with Gasteiger partial charge in [0.2, 0.25) is 6.08 Å². The van der Waals surface area contributed by atoms with Crippen molar-refractivity contribution in [1.82, 2.24) is 0 Å². The Bertz CT molecular complexity index is 234. The van der Waals surface area contributed by atoms with Crippen molar-refractivity contribution in [3.63, 3.8) is 0 Å². The lowest BCUT2D eigenvalue weighted by atomic mass is 10.5. The number of carbonyl (C=O) groups excluding carboxylic acids is 1. The van der Waals surface area contributed by atoms with Gasteiger partial charge in [0.1, 0.15) is 0 Å². The molecular formula is C7H14NO3PS. The summed E-state index contributed by atoms with van der Waals surface area (Å²) in [6, 6.07) is 0. The van der Waals surface area contributed by atoms with E-state index in [1.54, 1.807) is 0 Å². The van der Waals surface area contributed by atoms with Crippen LogP contribution in [-0.2, 0) is 25.6 Å². The van der Waals surface area contributed by atoms with E-state index >= 15 is 0 Å². The van der Waals surface area contributed by atoms with Crippen LogP contribution in [0.3, 0.4) is 0 Å². The summed E-state index contributed by atoms with van der Waals surface area (Å²) in [6.07, 6.45) is 1.17. The molecule has 0 bridgehead atoms. The highest BCUT2D eigenvalue weighted by Crippen LogP contribution is 2.51. The topological polar surface area (TPSA) is 47.9 Å². The summed E-state index contributed by atoms with van der Waals surface area (Å²) in [5.74, 6) is 0. The van der Waals surface area contributed by atoms with Gasteiger partial charge in [0.15, 0.2) is 0 Å². The molecule has 0 aromatic rings. The summed E-state index contributed by atoms with van der Waals surface area (Å²) in [5.41, 5.74) is 0. The van der Waals surface area contributed by atoms with Crippen LogP contribution in [-0.4, -0.2) is 18.3 Å². The van der Waals surface area contributed by atoms with Gasteiger partial charge in [0.25, 0.3) is 0 Å². The molecule has 76 valence electrons. The molecule has 0 aromatic carbocycles. The van der Waals surface area contributed by atoms with Gasteiger partial charge >= 0.3 is 6.64 Å². The Balaban J connectivity index is 4.53. The molecule has 0 fully saturated rings. The smallest absolute Gasteiger partial charge is 0.309 e. The van der Waals surface area contributed by atoms with E-state index in [-0.39, 0.29) is 12.2 Å². The first-order valence-corrected chi connectivity index (χ1v) is 6.55. The molecule has 0 rings (SSSR count). The van der Waals surface area contributed by atoms with Gasteiger partial charge in [-0.1, -0.05) is 0 Å². The lowest BCUT2D eigenvalue weighted by Crippen LogP contribution is -2.06. The van der Waals surface area contributed by atoms with Crippen LogP contribution in [0.2, 0.25) is 0 Å². The molecule has 0 aliphatic carbocycles.